The van der Waals surface area contributed by atoms with Crippen LogP contribution in [0.4, 0.5) is 14.6 Å². The van der Waals surface area contributed by atoms with Gasteiger partial charge in [-0.2, -0.15) is 0 Å². The molecule has 0 atom stereocenters. The van der Waals surface area contributed by atoms with E-state index in [1.54, 1.807) is 0 Å². The van der Waals surface area contributed by atoms with Gasteiger partial charge in [-0.15, -0.1) is 0 Å². The molecule has 0 saturated heterocycles. The van der Waals surface area contributed by atoms with Crippen molar-refractivity contribution in [2.75, 3.05) is 7.11 Å². The van der Waals surface area contributed by atoms with Crippen molar-refractivity contribution in [3.8, 4) is 5.75 Å². The van der Waals surface area contributed by atoms with Gasteiger partial charge in [0, 0.05) is 0 Å². The molecule has 0 fully saturated rings. The number of methoxy groups -OCH3 is 1. The number of hydrogen-bond acceptors (Lipinski definition) is 5. The number of alkyl halides is 2. The van der Waals surface area contributed by atoms with E-state index in [1.165, 1.54) is 0 Å². The van der Waals surface area contributed by atoms with Gasteiger partial charge in [0.25, 0.3) is 6.43 Å². The predicted octanol–water partition coefficient (Wildman–Crippen LogP) is 1.63. The van der Waals surface area contributed by atoms with E-state index < -0.39 is 40.0 Å². The SMILES string of the molecule is COc1c([N+](=O)[O-])ncc(C(F)F)c1C(=O)O. The Kier molecular flexibility index (Phi) is 3.51. The highest BCUT2D eigenvalue weighted by atomic mass is 19.3. The summed E-state index contributed by atoms with van der Waals surface area (Å²) in [5, 5.41) is 19.3. The normalized spacial score (nSPS) is 10.4. The number of ether oxygens (including phenoxy) is 1. The smallest absolute Gasteiger partial charge is 0.407 e. The maximum absolute atomic E-state index is 12.5. The lowest BCUT2D eigenvalue weighted by atomic mass is 10.1. The molecule has 1 rings (SSSR count). The summed E-state index contributed by atoms with van der Waals surface area (Å²) < 4.78 is 29.5. The highest BCUT2D eigenvalue weighted by Gasteiger charge is 2.31. The van der Waals surface area contributed by atoms with Crippen molar-refractivity contribution in [2.45, 2.75) is 6.43 Å². The predicted molar refractivity (Wildman–Crippen MR) is 49.4 cm³/mol. The van der Waals surface area contributed by atoms with Gasteiger partial charge in [-0.05, 0) is 9.91 Å². The Bertz CT molecular complexity index is 477. The molecule has 9 heteroatoms. The molecule has 0 unspecified atom stereocenters. The van der Waals surface area contributed by atoms with E-state index in [0.29, 0.717) is 6.20 Å². The molecule has 1 aromatic rings. The van der Waals surface area contributed by atoms with Gasteiger partial charge >= 0.3 is 11.8 Å². The van der Waals surface area contributed by atoms with Crippen molar-refractivity contribution in [1.82, 2.24) is 4.98 Å². The molecule has 0 spiro atoms. The molecular formula is C8H6F2N2O5. The molecule has 0 aromatic carbocycles. The van der Waals surface area contributed by atoms with Crippen LogP contribution in [0.2, 0.25) is 0 Å². The molecule has 0 bridgehead atoms. The summed E-state index contributed by atoms with van der Waals surface area (Å²) in [7, 11) is 0.936. The number of halogens is 2. The second kappa shape index (κ2) is 4.68. The number of hydrogen-bond donors (Lipinski definition) is 1. The van der Waals surface area contributed by atoms with Gasteiger partial charge in [0.1, 0.15) is 11.8 Å². The highest BCUT2D eigenvalue weighted by Crippen LogP contribution is 2.35. The molecule has 17 heavy (non-hydrogen) atoms. The molecular weight excluding hydrogens is 242 g/mol. The number of aromatic carboxylic acids is 1. The summed E-state index contributed by atoms with van der Waals surface area (Å²) >= 11 is 0. The zero-order chi connectivity index (χ0) is 13.2. The fourth-order valence-corrected chi connectivity index (χ4v) is 1.21. The minimum absolute atomic E-state index is 0.453. The minimum Gasteiger partial charge on any atom is -0.488 e. The van der Waals surface area contributed by atoms with Crippen molar-refractivity contribution in [3.05, 3.63) is 27.4 Å². The van der Waals surface area contributed by atoms with Crippen molar-refractivity contribution >= 4 is 11.8 Å². The quantitative estimate of drug-likeness (QED) is 0.641. The summed E-state index contributed by atoms with van der Waals surface area (Å²) in [6.07, 6.45) is -2.67. The average Bonchev–Trinajstić information content (AvgIpc) is 2.26. The molecule has 0 aliphatic heterocycles. The topological polar surface area (TPSA) is 103 Å². The lowest BCUT2D eigenvalue weighted by Crippen LogP contribution is -2.09. The van der Waals surface area contributed by atoms with E-state index in [1.807, 2.05) is 0 Å². The molecule has 92 valence electrons. The second-order valence-electron chi connectivity index (χ2n) is 2.81. The monoisotopic (exact) mass is 248 g/mol. The number of carboxylic acids is 1. The minimum atomic E-state index is -3.12. The lowest BCUT2D eigenvalue weighted by molar-refractivity contribution is -0.390. The van der Waals surface area contributed by atoms with Crippen LogP contribution in [0.5, 0.6) is 5.75 Å². The first kappa shape index (κ1) is 12.7. The fraction of sp³-hybridized carbons (Fsp3) is 0.250. The molecule has 7 nitrogen and oxygen atoms in total. The zero-order valence-electron chi connectivity index (χ0n) is 8.39. The summed E-state index contributed by atoms with van der Waals surface area (Å²) in [6.45, 7) is 0. The van der Waals surface area contributed by atoms with Crippen LogP contribution in [0.1, 0.15) is 22.3 Å². The van der Waals surface area contributed by atoms with Crippen LogP contribution in [0.3, 0.4) is 0 Å². The van der Waals surface area contributed by atoms with Gasteiger partial charge in [-0.1, -0.05) is 0 Å². The lowest BCUT2D eigenvalue weighted by Gasteiger charge is -2.08. The molecule has 0 aliphatic rings. The number of carboxylic acid groups (broad SMARTS) is 1. The summed E-state index contributed by atoms with van der Waals surface area (Å²) in [4.78, 5) is 23.5. The maximum atomic E-state index is 12.5. The first-order valence-electron chi connectivity index (χ1n) is 4.12. The van der Waals surface area contributed by atoms with Crippen molar-refractivity contribution < 1.29 is 28.3 Å². The van der Waals surface area contributed by atoms with E-state index in [9.17, 15) is 23.7 Å². The Morgan fingerprint density at radius 2 is 2.24 bits per heavy atom. The van der Waals surface area contributed by atoms with E-state index in [2.05, 4.69) is 9.72 Å². The number of nitro groups is 1. The Balaban J connectivity index is 3.61. The third-order valence-electron chi connectivity index (χ3n) is 1.87. The first-order chi connectivity index (χ1) is 7.90. The Morgan fingerprint density at radius 1 is 1.65 bits per heavy atom. The van der Waals surface area contributed by atoms with Gasteiger partial charge in [0.2, 0.25) is 5.75 Å². The van der Waals surface area contributed by atoms with Crippen molar-refractivity contribution in [2.24, 2.45) is 0 Å². The van der Waals surface area contributed by atoms with Gasteiger partial charge in [0.05, 0.1) is 12.7 Å². The third-order valence-corrected chi connectivity index (χ3v) is 1.87. The van der Waals surface area contributed by atoms with Gasteiger partial charge in [0.15, 0.2) is 0 Å². The molecule has 0 amide bonds. The summed E-state index contributed by atoms with van der Waals surface area (Å²) in [5.41, 5.74) is -1.89. The highest BCUT2D eigenvalue weighted by molar-refractivity contribution is 5.94. The largest absolute Gasteiger partial charge is 0.488 e. The van der Waals surface area contributed by atoms with Gasteiger partial charge in [-0.25, -0.2) is 13.6 Å². The fourth-order valence-electron chi connectivity index (χ4n) is 1.21. The van der Waals surface area contributed by atoms with Crippen LogP contribution >= 0.6 is 0 Å². The van der Waals surface area contributed by atoms with Crippen LogP contribution in [-0.4, -0.2) is 28.1 Å². The maximum Gasteiger partial charge on any atom is 0.407 e. The van der Waals surface area contributed by atoms with E-state index in [4.69, 9.17) is 5.11 Å². The van der Waals surface area contributed by atoms with Crippen LogP contribution in [0.25, 0.3) is 0 Å². The molecule has 0 saturated carbocycles. The Hall–Kier alpha value is -2.32. The molecule has 1 heterocycles. The average molecular weight is 248 g/mol. The molecule has 1 N–H and O–H groups in total. The summed E-state index contributed by atoms with van der Waals surface area (Å²) in [6, 6.07) is 0. The Morgan fingerprint density at radius 3 is 2.59 bits per heavy atom. The van der Waals surface area contributed by atoms with Gasteiger partial charge in [-0.3, -0.25) is 0 Å². The summed E-state index contributed by atoms with van der Waals surface area (Å²) in [5.74, 6) is -3.46. The second-order valence-corrected chi connectivity index (χ2v) is 2.81. The van der Waals surface area contributed by atoms with Crippen LogP contribution in [-0.2, 0) is 0 Å². The number of nitrogens with zero attached hydrogens (tertiary/aromatic N) is 2. The molecule has 1 aromatic heterocycles. The van der Waals surface area contributed by atoms with E-state index in [-0.39, 0.29) is 0 Å². The molecule has 0 aliphatic carbocycles. The number of aromatic nitrogens is 1. The number of rotatable bonds is 4. The standard InChI is InChI=1S/C8H6F2N2O5/c1-17-5-4(8(13)14)3(6(9)10)2-11-7(5)12(15)16/h2,6H,1H3,(H,13,14). The first-order valence-corrected chi connectivity index (χ1v) is 4.12. The van der Waals surface area contributed by atoms with Crippen molar-refractivity contribution in [3.63, 3.8) is 0 Å². The van der Waals surface area contributed by atoms with E-state index >= 15 is 0 Å². The van der Waals surface area contributed by atoms with E-state index in [0.717, 1.165) is 7.11 Å². The number of carbonyl (C=O) groups is 1. The Labute approximate surface area is 92.8 Å². The zero-order valence-corrected chi connectivity index (χ0v) is 8.39. The van der Waals surface area contributed by atoms with Crippen LogP contribution in [0.15, 0.2) is 6.20 Å². The molecule has 0 radical (unpaired) electrons. The third kappa shape index (κ3) is 2.27. The van der Waals surface area contributed by atoms with Crippen molar-refractivity contribution in [1.29, 1.82) is 0 Å². The van der Waals surface area contributed by atoms with Crippen LogP contribution < -0.4 is 4.74 Å². The number of pyridine rings is 1. The van der Waals surface area contributed by atoms with Crippen LogP contribution in [0, 0.1) is 10.1 Å². The van der Waals surface area contributed by atoms with Gasteiger partial charge < -0.3 is 20.0 Å².